The first-order chi connectivity index (χ1) is 12.1. The average Bonchev–Trinajstić information content (AvgIpc) is 3.35. The van der Waals surface area contributed by atoms with E-state index in [4.69, 9.17) is 4.74 Å². The highest BCUT2D eigenvalue weighted by Crippen LogP contribution is 2.31. The number of aryl methyl sites for hydroxylation is 1. The van der Waals surface area contributed by atoms with Crippen molar-refractivity contribution in [1.29, 1.82) is 0 Å². The van der Waals surface area contributed by atoms with Gasteiger partial charge in [0.1, 0.15) is 5.75 Å². The quantitative estimate of drug-likeness (QED) is 0.763. The monoisotopic (exact) mass is 358 g/mol. The van der Waals surface area contributed by atoms with Gasteiger partial charge in [0.15, 0.2) is 0 Å². The number of benzene rings is 1. The molecule has 0 spiro atoms. The Hall–Kier alpha value is -1.92. The molecule has 1 fully saturated rings. The van der Waals surface area contributed by atoms with E-state index in [0.717, 1.165) is 42.7 Å². The van der Waals surface area contributed by atoms with Gasteiger partial charge in [0.2, 0.25) is 10.0 Å². The summed E-state index contributed by atoms with van der Waals surface area (Å²) in [6, 6.07) is 9.94. The lowest BCUT2D eigenvalue weighted by Gasteiger charge is -2.22. The molecule has 5 nitrogen and oxygen atoms in total. The maximum Gasteiger partial charge on any atom is 0.214 e. The minimum absolute atomic E-state index is 0.147. The lowest BCUT2D eigenvalue weighted by atomic mass is 10.1. The van der Waals surface area contributed by atoms with E-state index in [9.17, 15) is 8.42 Å². The van der Waals surface area contributed by atoms with Gasteiger partial charge >= 0.3 is 0 Å². The molecular weight excluding hydrogens is 336 g/mol. The maximum absolute atomic E-state index is 12.9. The van der Waals surface area contributed by atoms with Crippen molar-refractivity contribution in [1.82, 2.24) is 9.29 Å². The summed E-state index contributed by atoms with van der Waals surface area (Å²) in [4.78, 5) is 4.00. The van der Waals surface area contributed by atoms with Gasteiger partial charge in [-0.15, -0.1) is 0 Å². The predicted octanol–water partition coefficient (Wildman–Crippen LogP) is 2.55. The Bertz CT molecular complexity index is 848. The predicted molar refractivity (Wildman–Crippen MR) is 95.9 cm³/mol. The van der Waals surface area contributed by atoms with Gasteiger partial charge in [-0.1, -0.05) is 12.1 Å². The molecule has 0 bridgehead atoms. The van der Waals surface area contributed by atoms with Crippen LogP contribution in [0.4, 0.5) is 0 Å². The van der Waals surface area contributed by atoms with E-state index in [2.05, 4.69) is 11.1 Å². The summed E-state index contributed by atoms with van der Waals surface area (Å²) in [5.74, 6) is 1.08. The Balaban J connectivity index is 1.45. The van der Waals surface area contributed by atoms with Gasteiger partial charge in [-0.2, -0.15) is 4.31 Å². The summed E-state index contributed by atoms with van der Waals surface area (Å²) in [5.41, 5.74) is 3.23. The molecule has 2 aromatic rings. The second kappa shape index (κ2) is 6.77. The molecule has 1 saturated carbocycles. The van der Waals surface area contributed by atoms with Crippen molar-refractivity contribution < 1.29 is 13.2 Å². The topological polar surface area (TPSA) is 59.5 Å². The molecule has 0 unspecified atom stereocenters. The number of hydrogen-bond donors (Lipinski definition) is 0. The Morgan fingerprint density at radius 3 is 2.68 bits per heavy atom. The average molecular weight is 358 g/mol. The van der Waals surface area contributed by atoms with Crippen molar-refractivity contribution in [3.8, 4) is 5.75 Å². The van der Waals surface area contributed by atoms with Crippen LogP contribution in [0.1, 0.15) is 29.5 Å². The first kappa shape index (κ1) is 16.5. The molecule has 25 heavy (non-hydrogen) atoms. The summed E-state index contributed by atoms with van der Waals surface area (Å²) >= 11 is 0. The van der Waals surface area contributed by atoms with Crippen molar-refractivity contribution in [3.05, 3.63) is 59.4 Å². The van der Waals surface area contributed by atoms with Crippen LogP contribution in [0.2, 0.25) is 0 Å². The second-order valence-corrected chi connectivity index (χ2v) is 8.78. The molecule has 0 saturated heterocycles. The number of ether oxygens (including phenoxy) is 1. The highest BCUT2D eigenvalue weighted by atomic mass is 32.2. The summed E-state index contributed by atoms with van der Waals surface area (Å²) in [5, 5.41) is 0. The standard InChI is InChI=1S/C19H22N2O3S/c22-25(23,12-8-15-1-4-19-17(13-15)7-11-24-19)21(18-2-3-18)14-16-5-9-20-10-6-16/h1,4-6,9-10,13,18H,2-3,7-8,11-12,14H2. The normalized spacial score (nSPS) is 16.7. The number of sulfonamides is 1. The van der Waals surface area contributed by atoms with Crippen LogP contribution in [0.15, 0.2) is 42.7 Å². The van der Waals surface area contributed by atoms with E-state index < -0.39 is 10.0 Å². The number of rotatable bonds is 7. The van der Waals surface area contributed by atoms with Crippen LogP contribution in [0.25, 0.3) is 0 Å². The smallest absolute Gasteiger partial charge is 0.214 e. The number of hydrogen-bond acceptors (Lipinski definition) is 4. The van der Waals surface area contributed by atoms with Gasteiger partial charge in [-0.3, -0.25) is 4.98 Å². The third-order valence-corrected chi connectivity index (χ3v) is 6.66. The van der Waals surface area contributed by atoms with Crippen LogP contribution >= 0.6 is 0 Å². The van der Waals surface area contributed by atoms with Crippen molar-refractivity contribution in [2.75, 3.05) is 12.4 Å². The molecular formula is C19H22N2O3S. The molecule has 2 aliphatic rings. The van der Waals surface area contributed by atoms with E-state index >= 15 is 0 Å². The molecule has 1 aromatic carbocycles. The molecule has 6 heteroatoms. The number of fused-ring (bicyclic) bond motifs is 1. The van der Waals surface area contributed by atoms with Crippen molar-refractivity contribution in [2.45, 2.75) is 38.3 Å². The molecule has 132 valence electrons. The number of pyridine rings is 1. The van der Waals surface area contributed by atoms with Crippen LogP contribution in [0.5, 0.6) is 5.75 Å². The first-order valence-corrected chi connectivity index (χ1v) is 10.4. The summed E-state index contributed by atoms with van der Waals surface area (Å²) in [6.45, 7) is 1.16. The lowest BCUT2D eigenvalue weighted by molar-refractivity contribution is 0.357. The fraction of sp³-hybridized carbons (Fsp3) is 0.421. The van der Waals surface area contributed by atoms with E-state index in [0.29, 0.717) is 13.0 Å². The fourth-order valence-electron chi connectivity index (χ4n) is 3.24. The minimum atomic E-state index is -3.29. The highest BCUT2D eigenvalue weighted by Gasteiger charge is 2.36. The summed E-state index contributed by atoms with van der Waals surface area (Å²) in [7, 11) is -3.29. The Morgan fingerprint density at radius 2 is 1.92 bits per heavy atom. The summed E-state index contributed by atoms with van der Waals surface area (Å²) in [6.07, 6.45) is 6.78. The van der Waals surface area contributed by atoms with Gasteiger partial charge in [0.05, 0.1) is 12.4 Å². The van der Waals surface area contributed by atoms with Crippen molar-refractivity contribution in [3.63, 3.8) is 0 Å². The van der Waals surface area contributed by atoms with Gasteiger partial charge < -0.3 is 4.74 Å². The van der Waals surface area contributed by atoms with E-state index in [1.807, 2.05) is 24.3 Å². The molecule has 0 amide bonds. The lowest BCUT2D eigenvalue weighted by Crippen LogP contribution is -2.35. The molecule has 1 aliphatic heterocycles. The Kier molecular flexibility index (Phi) is 4.48. The van der Waals surface area contributed by atoms with Crippen LogP contribution in [0.3, 0.4) is 0 Å². The molecule has 1 aromatic heterocycles. The van der Waals surface area contributed by atoms with Crippen LogP contribution in [-0.4, -0.2) is 36.1 Å². The molecule has 1 aliphatic carbocycles. The van der Waals surface area contributed by atoms with Crippen LogP contribution in [-0.2, 0) is 29.4 Å². The zero-order chi connectivity index (χ0) is 17.3. The van der Waals surface area contributed by atoms with Crippen molar-refractivity contribution in [2.24, 2.45) is 0 Å². The van der Waals surface area contributed by atoms with Crippen molar-refractivity contribution >= 4 is 10.0 Å². The van der Waals surface area contributed by atoms with Crippen LogP contribution < -0.4 is 4.74 Å². The van der Waals surface area contributed by atoms with E-state index in [-0.39, 0.29) is 11.8 Å². The first-order valence-electron chi connectivity index (χ1n) is 8.75. The zero-order valence-electron chi connectivity index (χ0n) is 14.1. The van der Waals surface area contributed by atoms with E-state index in [1.54, 1.807) is 16.7 Å². The third kappa shape index (κ3) is 3.85. The maximum atomic E-state index is 12.9. The molecule has 0 N–H and O–H groups in total. The van der Waals surface area contributed by atoms with Gasteiger partial charge in [-0.05, 0) is 54.2 Å². The van der Waals surface area contributed by atoms with E-state index in [1.165, 1.54) is 5.56 Å². The molecule has 0 atom stereocenters. The zero-order valence-corrected chi connectivity index (χ0v) is 14.9. The number of aromatic nitrogens is 1. The summed E-state index contributed by atoms with van der Waals surface area (Å²) < 4.78 is 33.0. The van der Waals surface area contributed by atoms with Crippen LogP contribution in [0, 0.1) is 0 Å². The molecule has 4 rings (SSSR count). The fourth-order valence-corrected chi connectivity index (χ4v) is 4.98. The Labute approximate surface area is 148 Å². The van der Waals surface area contributed by atoms with Gasteiger partial charge in [0, 0.05) is 31.4 Å². The number of nitrogens with zero attached hydrogens (tertiary/aromatic N) is 2. The van der Waals surface area contributed by atoms with Gasteiger partial charge in [0.25, 0.3) is 0 Å². The van der Waals surface area contributed by atoms with Gasteiger partial charge in [-0.25, -0.2) is 8.42 Å². The SMILES string of the molecule is O=S(=O)(CCc1ccc2c(c1)CCO2)N(Cc1ccncc1)C1CC1. The minimum Gasteiger partial charge on any atom is -0.493 e. The third-order valence-electron chi connectivity index (χ3n) is 4.80. The molecule has 0 radical (unpaired) electrons. The highest BCUT2D eigenvalue weighted by molar-refractivity contribution is 7.89. The Morgan fingerprint density at radius 1 is 1.12 bits per heavy atom. The largest absolute Gasteiger partial charge is 0.493 e. The molecule has 2 heterocycles. The second-order valence-electron chi connectivity index (χ2n) is 6.74.